The van der Waals surface area contributed by atoms with Gasteiger partial charge in [0.15, 0.2) is 0 Å². The first-order chi connectivity index (χ1) is 10.2. The van der Waals surface area contributed by atoms with Crippen molar-refractivity contribution >= 4 is 12.0 Å². The molecule has 114 valence electrons. The molecule has 7 nitrogen and oxygen atoms in total. The lowest BCUT2D eigenvalue weighted by Crippen LogP contribution is -2.47. The second-order valence-electron chi connectivity index (χ2n) is 5.47. The van der Waals surface area contributed by atoms with Crippen LogP contribution >= 0.6 is 0 Å². The molecule has 2 amide bonds. The minimum Gasteiger partial charge on any atom is -0.444 e. The molecule has 21 heavy (non-hydrogen) atoms. The van der Waals surface area contributed by atoms with Gasteiger partial charge in [-0.05, 0) is 19.3 Å². The van der Waals surface area contributed by atoms with Gasteiger partial charge in [-0.3, -0.25) is 4.79 Å². The zero-order valence-electron chi connectivity index (χ0n) is 12.0. The van der Waals surface area contributed by atoms with Crippen LogP contribution in [-0.2, 0) is 4.74 Å². The second kappa shape index (κ2) is 5.75. The summed E-state index contributed by atoms with van der Waals surface area (Å²) in [7, 11) is 0. The molecular weight excluding hydrogens is 274 g/mol. The Morgan fingerprint density at radius 2 is 2.19 bits per heavy atom. The van der Waals surface area contributed by atoms with Crippen LogP contribution in [-0.4, -0.2) is 58.7 Å². The highest BCUT2D eigenvalue weighted by Gasteiger charge is 2.37. The van der Waals surface area contributed by atoms with E-state index in [2.05, 4.69) is 5.16 Å². The second-order valence-corrected chi connectivity index (χ2v) is 5.47. The molecule has 0 saturated carbocycles. The molecule has 0 N–H and O–H groups in total. The van der Waals surface area contributed by atoms with Gasteiger partial charge in [-0.25, -0.2) is 4.79 Å². The average molecular weight is 293 g/mol. The normalized spacial score (nSPS) is 23.5. The Kier molecular flexibility index (Phi) is 3.81. The minimum atomic E-state index is -0.220. The quantitative estimate of drug-likeness (QED) is 0.844. The maximum atomic E-state index is 12.1. The largest absolute Gasteiger partial charge is 0.444 e. The molecule has 1 atom stereocenters. The van der Waals surface area contributed by atoms with Crippen molar-refractivity contribution in [3.8, 4) is 0 Å². The Morgan fingerprint density at radius 1 is 1.43 bits per heavy atom. The van der Waals surface area contributed by atoms with Gasteiger partial charge in [0.2, 0.25) is 5.76 Å². The van der Waals surface area contributed by atoms with E-state index in [0.717, 1.165) is 19.3 Å². The van der Waals surface area contributed by atoms with Gasteiger partial charge >= 0.3 is 6.09 Å². The molecule has 3 rings (SSSR count). The van der Waals surface area contributed by atoms with Crippen molar-refractivity contribution in [1.82, 2.24) is 15.0 Å². The molecule has 0 aliphatic carbocycles. The van der Waals surface area contributed by atoms with E-state index in [-0.39, 0.29) is 29.9 Å². The van der Waals surface area contributed by atoms with E-state index in [4.69, 9.17) is 9.26 Å². The molecule has 0 bridgehead atoms. The van der Waals surface area contributed by atoms with Crippen molar-refractivity contribution < 1.29 is 18.8 Å². The van der Waals surface area contributed by atoms with Crippen molar-refractivity contribution in [3.63, 3.8) is 0 Å². The van der Waals surface area contributed by atoms with Crippen molar-refractivity contribution in [1.29, 1.82) is 0 Å². The van der Waals surface area contributed by atoms with Crippen LogP contribution in [0, 0.1) is 0 Å². The van der Waals surface area contributed by atoms with Crippen molar-refractivity contribution in [2.24, 2.45) is 0 Å². The molecule has 3 heterocycles. The summed E-state index contributed by atoms with van der Waals surface area (Å²) in [6.45, 7) is 3.91. The third-order valence-electron chi connectivity index (χ3n) is 4.20. The summed E-state index contributed by atoms with van der Waals surface area (Å²) in [4.78, 5) is 27.5. The fourth-order valence-corrected chi connectivity index (χ4v) is 2.91. The molecular formula is C14H19N3O4. The van der Waals surface area contributed by atoms with Crippen LogP contribution in [0.15, 0.2) is 16.8 Å². The average Bonchev–Trinajstić information content (AvgIpc) is 3.16. The number of rotatable bonds is 3. The SMILES string of the molecule is CCC1CN(C2CCN(C(=O)c3ccno3)CC2)C(=O)O1. The summed E-state index contributed by atoms with van der Waals surface area (Å²) in [6.07, 6.45) is 3.63. The zero-order valence-corrected chi connectivity index (χ0v) is 12.0. The Morgan fingerprint density at radius 3 is 2.76 bits per heavy atom. The molecule has 0 spiro atoms. The van der Waals surface area contributed by atoms with Gasteiger partial charge in [0, 0.05) is 25.2 Å². The molecule has 1 unspecified atom stereocenters. The highest BCUT2D eigenvalue weighted by atomic mass is 16.6. The smallest absolute Gasteiger partial charge is 0.410 e. The van der Waals surface area contributed by atoms with Crippen LogP contribution in [0.1, 0.15) is 36.7 Å². The summed E-state index contributed by atoms with van der Waals surface area (Å²) in [5.41, 5.74) is 0. The third kappa shape index (κ3) is 2.72. The molecule has 2 saturated heterocycles. The van der Waals surface area contributed by atoms with Crippen molar-refractivity contribution in [3.05, 3.63) is 18.0 Å². The molecule has 1 aromatic heterocycles. The highest BCUT2D eigenvalue weighted by Crippen LogP contribution is 2.24. The third-order valence-corrected chi connectivity index (χ3v) is 4.20. The van der Waals surface area contributed by atoms with Crippen LogP contribution in [0.3, 0.4) is 0 Å². The molecule has 1 aromatic rings. The number of nitrogens with zero attached hydrogens (tertiary/aromatic N) is 3. The first-order valence-electron chi connectivity index (χ1n) is 7.36. The van der Waals surface area contributed by atoms with E-state index >= 15 is 0 Å². The summed E-state index contributed by atoms with van der Waals surface area (Å²) in [5.74, 6) is 0.126. The van der Waals surface area contributed by atoms with Gasteiger partial charge in [-0.2, -0.15) is 0 Å². The maximum Gasteiger partial charge on any atom is 0.410 e. The number of likely N-dealkylation sites (tertiary alicyclic amines) is 1. The molecule has 7 heteroatoms. The van der Waals surface area contributed by atoms with Crippen LogP contribution in [0.2, 0.25) is 0 Å². The molecule has 2 aliphatic heterocycles. The number of aromatic nitrogens is 1. The molecule has 2 fully saturated rings. The van der Waals surface area contributed by atoms with Crippen LogP contribution < -0.4 is 0 Å². The number of amides is 2. The summed E-state index contributed by atoms with van der Waals surface area (Å²) < 4.78 is 10.2. The van der Waals surface area contributed by atoms with Crippen molar-refractivity contribution in [2.45, 2.75) is 38.3 Å². The van der Waals surface area contributed by atoms with Gasteiger partial charge in [-0.1, -0.05) is 12.1 Å². The number of cyclic esters (lactones) is 1. The first kappa shape index (κ1) is 13.9. The van der Waals surface area contributed by atoms with Gasteiger partial charge in [0.05, 0.1) is 12.7 Å². The van der Waals surface area contributed by atoms with Gasteiger partial charge in [0.1, 0.15) is 6.10 Å². The van der Waals surface area contributed by atoms with Gasteiger partial charge in [-0.15, -0.1) is 0 Å². The number of carbonyl (C=O) groups excluding carboxylic acids is 2. The topological polar surface area (TPSA) is 75.9 Å². The highest BCUT2D eigenvalue weighted by molar-refractivity contribution is 5.91. The summed E-state index contributed by atoms with van der Waals surface area (Å²) in [5, 5.41) is 3.55. The van der Waals surface area contributed by atoms with Crippen molar-refractivity contribution in [2.75, 3.05) is 19.6 Å². The number of piperidine rings is 1. The van der Waals surface area contributed by atoms with E-state index in [1.807, 2.05) is 11.8 Å². The first-order valence-corrected chi connectivity index (χ1v) is 7.36. The van der Waals surface area contributed by atoms with E-state index in [9.17, 15) is 9.59 Å². The monoisotopic (exact) mass is 293 g/mol. The lowest BCUT2D eigenvalue weighted by atomic mass is 10.0. The fourth-order valence-electron chi connectivity index (χ4n) is 2.91. The van der Waals surface area contributed by atoms with Crippen LogP contribution in [0.4, 0.5) is 4.79 Å². The number of ether oxygens (including phenoxy) is 1. The summed E-state index contributed by atoms with van der Waals surface area (Å²) in [6, 6.07) is 1.73. The molecule has 2 aliphatic rings. The maximum absolute atomic E-state index is 12.1. The number of hydrogen-bond donors (Lipinski definition) is 0. The predicted octanol–water partition coefficient (Wildman–Crippen LogP) is 1.51. The lowest BCUT2D eigenvalue weighted by molar-refractivity contribution is 0.0618. The number of carbonyl (C=O) groups is 2. The Bertz CT molecular complexity index is 508. The summed E-state index contributed by atoms with van der Waals surface area (Å²) >= 11 is 0. The standard InChI is InChI=1S/C14H19N3O4/c1-2-11-9-17(14(19)20-11)10-4-7-16(8-5-10)13(18)12-3-6-15-21-12/h3,6,10-11H,2,4-5,7-9H2,1H3. The van der Waals surface area contributed by atoms with Crippen LogP contribution in [0.5, 0.6) is 0 Å². The Balaban J connectivity index is 1.56. The Hall–Kier alpha value is -2.05. The van der Waals surface area contributed by atoms with Gasteiger partial charge in [0.25, 0.3) is 5.91 Å². The molecule has 0 radical (unpaired) electrons. The predicted molar refractivity (Wildman–Crippen MR) is 72.7 cm³/mol. The van der Waals surface area contributed by atoms with E-state index in [1.54, 1.807) is 11.0 Å². The lowest BCUT2D eigenvalue weighted by Gasteiger charge is -2.35. The van der Waals surface area contributed by atoms with Gasteiger partial charge < -0.3 is 19.1 Å². The number of hydrogen-bond acceptors (Lipinski definition) is 5. The Labute approximate surface area is 122 Å². The fraction of sp³-hybridized carbons (Fsp3) is 0.643. The van der Waals surface area contributed by atoms with Crippen LogP contribution in [0.25, 0.3) is 0 Å². The minimum absolute atomic E-state index is 0.00588. The molecule has 0 aromatic carbocycles. The van der Waals surface area contributed by atoms with E-state index in [0.29, 0.717) is 19.6 Å². The van der Waals surface area contributed by atoms with E-state index < -0.39 is 0 Å². The zero-order chi connectivity index (χ0) is 14.8. The van der Waals surface area contributed by atoms with E-state index in [1.165, 1.54) is 6.20 Å².